The Labute approximate surface area is 150 Å². The molecule has 3 unspecified atom stereocenters. The Morgan fingerprint density at radius 3 is 2.73 bits per heavy atom. The van der Waals surface area contributed by atoms with Crippen LogP contribution in [0.5, 0.6) is 0 Å². The number of halogens is 3. The molecule has 1 amide bonds. The Morgan fingerprint density at radius 2 is 2.04 bits per heavy atom. The van der Waals surface area contributed by atoms with E-state index in [1.807, 2.05) is 18.2 Å². The number of aliphatic hydroxyl groups excluding tert-OH is 2. The van der Waals surface area contributed by atoms with E-state index in [-0.39, 0.29) is 25.0 Å². The van der Waals surface area contributed by atoms with E-state index in [0.717, 1.165) is 31.2 Å². The van der Waals surface area contributed by atoms with Gasteiger partial charge in [0.25, 0.3) is 0 Å². The summed E-state index contributed by atoms with van der Waals surface area (Å²) in [6.07, 6.45) is 1.50. The van der Waals surface area contributed by atoms with Crippen molar-refractivity contribution in [3.63, 3.8) is 0 Å². The van der Waals surface area contributed by atoms with Gasteiger partial charge in [0.05, 0.1) is 12.2 Å². The van der Waals surface area contributed by atoms with E-state index in [1.165, 1.54) is 0 Å². The fourth-order valence-electron chi connectivity index (χ4n) is 3.06. The molecule has 0 aromatic heterocycles. The standard InChI is InChI=1S/C19H24F3NO3/c20-19(21,22)18(26)23-11-10-17(25)15-6-3-4-13(12-15)8-9-14-5-1-2-7-16(14)24/h3-4,6,8-9,12,14,16-17,24-25H,1-2,5,7,10-11H2,(H,23,26). The van der Waals surface area contributed by atoms with Crippen molar-refractivity contribution in [2.45, 2.75) is 50.5 Å². The number of alkyl halides is 3. The number of aliphatic hydroxyl groups is 2. The summed E-state index contributed by atoms with van der Waals surface area (Å²) in [5, 5.41) is 21.9. The molecule has 0 spiro atoms. The smallest absolute Gasteiger partial charge is 0.393 e. The number of benzene rings is 1. The summed E-state index contributed by atoms with van der Waals surface area (Å²) in [6.45, 7) is -0.270. The topological polar surface area (TPSA) is 69.6 Å². The van der Waals surface area contributed by atoms with Gasteiger partial charge in [-0.25, -0.2) is 0 Å². The molecule has 3 N–H and O–H groups in total. The quantitative estimate of drug-likeness (QED) is 0.718. The molecule has 1 saturated carbocycles. The Hall–Kier alpha value is -1.86. The first-order chi connectivity index (χ1) is 12.3. The second-order valence-corrected chi connectivity index (χ2v) is 6.60. The first-order valence-corrected chi connectivity index (χ1v) is 8.76. The molecule has 0 radical (unpaired) electrons. The van der Waals surface area contributed by atoms with Crippen molar-refractivity contribution >= 4 is 12.0 Å². The molecule has 0 bridgehead atoms. The molecule has 0 aliphatic heterocycles. The van der Waals surface area contributed by atoms with Crippen LogP contribution in [-0.4, -0.2) is 34.9 Å². The van der Waals surface area contributed by atoms with Crippen LogP contribution in [0.3, 0.4) is 0 Å². The predicted octanol–water partition coefficient (Wildman–Crippen LogP) is 3.35. The van der Waals surface area contributed by atoms with Crippen molar-refractivity contribution in [1.29, 1.82) is 0 Å². The van der Waals surface area contributed by atoms with E-state index in [9.17, 15) is 28.2 Å². The summed E-state index contributed by atoms with van der Waals surface area (Å²) < 4.78 is 36.3. The molecule has 1 aliphatic carbocycles. The monoisotopic (exact) mass is 371 g/mol. The maximum Gasteiger partial charge on any atom is 0.471 e. The lowest BCUT2D eigenvalue weighted by Gasteiger charge is -2.24. The average molecular weight is 371 g/mol. The lowest BCUT2D eigenvalue weighted by atomic mass is 9.86. The Kier molecular flexibility index (Phi) is 7.23. The van der Waals surface area contributed by atoms with Crippen molar-refractivity contribution in [3.05, 3.63) is 41.5 Å². The van der Waals surface area contributed by atoms with Crippen LogP contribution in [0.15, 0.2) is 30.3 Å². The van der Waals surface area contributed by atoms with Crippen molar-refractivity contribution < 1.29 is 28.2 Å². The van der Waals surface area contributed by atoms with Gasteiger partial charge in [-0.05, 0) is 36.5 Å². The predicted molar refractivity (Wildman–Crippen MR) is 92.1 cm³/mol. The van der Waals surface area contributed by atoms with Crippen molar-refractivity contribution in [3.8, 4) is 0 Å². The second kappa shape index (κ2) is 9.19. The first kappa shape index (κ1) is 20.5. The Bertz CT molecular complexity index is 631. The van der Waals surface area contributed by atoms with Gasteiger partial charge in [-0.1, -0.05) is 43.2 Å². The largest absolute Gasteiger partial charge is 0.471 e. The molecule has 1 aliphatic rings. The van der Waals surface area contributed by atoms with Gasteiger partial charge in [-0.2, -0.15) is 13.2 Å². The van der Waals surface area contributed by atoms with Crippen molar-refractivity contribution in [2.24, 2.45) is 5.92 Å². The third kappa shape index (κ3) is 6.14. The van der Waals surface area contributed by atoms with Gasteiger partial charge in [0, 0.05) is 12.5 Å². The number of carbonyl (C=O) groups excluding carboxylic acids is 1. The fourth-order valence-corrected chi connectivity index (χ4v) is 3.06. The van der Waals surface area contributed by atoms with Gasteiger partial charge in [0.1, 0.15) is 0 Å². The van der Waals surface area contributed by atoms with Gasteiger partial charge in [0.2, 0.25) is 0 Å². The van der Waals surface area contributed by atoms with E-state index in [0.29, 0.717) is 5.56 Å². The van der Waals surface area contributed by atoms with Gasteiger partial charge in [-0.15, -0.1) is 0 Å². The minimum atomic E-state index is -4.92. The average Bonchev–Trinajstić information content (AvgIpc) is 2.60. The summed E-state index contributed by atoms with van der Waals surface area (Å²) in [4.78, 5) is 10.8. The highest BCUT2D eigenvalue weighted by molar-refractivity contribution is 5.81. The Morgan fingerprint density at radius 1 is 1.31 bits per heavy atom. The van der Waals surface area contributed by atoms with Gasteiger partial charge >= 0.3 is 12.1 Å². The second-order valence-electron chi connectivity index (χ2n) is 6.60. The number of nitrogens with one attached hydrogen (secondary N) is 1. The zero-order chi connectivity index (χ0) is 19.2. The molecular formula is C19H24F3NO3. The van der Waals surface area contributed by atoms with Crippen LogP contribution in [0, 0.1) is 5.92 Å². The molecule has 2 rings (SSSR count). The summed E-state index contributed by atoms with van der Waals surface area (Å²) in [7, 11) is 0. The van der Waals surface area contributed by atoms with Crippen LogP contribution in [0.4, 0.5) is 13.2 Å². The third-order valence-electron chi connectivity index (χ3n) is 4.57. The molecule has 7 heteroatoms. The molecule has 0 heterocycles. The maximum atomic E-state index is 12.1. The minimum absolute atomic E-state index is 0.0175. The molecule has 144 valence electrons. The zero-order valence-electron chi connectivity index (χ0n) is 14.4. The number of rotatable bonds is 6. The van der Waals surface area contributed by atoms with E-state index < -0.39 is 18.2 Å². The molecule has 0 saturated heterocycles. The summed E-state index contributed by atoms with van der Waals surface area (Å²) in [6, 6.07) is 7.04. The minimum Gasteiger partial charge on any atom is -0.393 e. The highest BCUT2D eigenvalue weighted by Crippen LogP contribution is 2.26. The summed E-state index contributed by atoms with van der Waals surface area (Å²) in [5.74, 6) is -1.89. The SMILES string of the molecule is O=C(NCCC(O)c1cccc(C=CC2CCCCC2O)c1)C(F)(F)F. The van der Waals surface area contributed by atoms with E-state index in [1.54, 1.807) is 23.5 Å². The van der Waals surface area contributed by atoms with Gasteiger partial charge < -0.3 is 15.5 Å². The number of carbonyl (C=O) groups is 1. The molecule has 3 atom stereocenters. The number of amides is 1. The van der Waals surface area contributed by atoms with Crippen molar-refractivity contribution in [1.82, 2.24) is 5.32 Å². The molecule has 1 fully saturated rings. The van der Waals surface area contributed by atoms with Crippen LogP contribution in [-0.2, 0) is 4.79 Å². The summed E-state index contributed by atoms with van der Waals surface area (Å²) in [5.41, 5.74) is 1.41. The van der Waals surface area contributed by atoms with Crippen LogP contribution < -0.4 is 5.32 Å². The zero-order valence-corrected chi connectivity index (χ0v) is 14.4. The van der Waals surface area contributed by atoms with E-state index in [4.69, 9.17) is 0 Å². The van der Waals surface area contributed by atoms with Crippen LogP contribution in [0.1, 0.15) is 49.3 Å². The fraction of sp³-hybridized carbons (Fsp3) is 0.526. The van der Waals surface area contributed by atoms with E-state index in [2.05, 4.69) is 0 Å². The van der Waals surface area contributed by atoms with Crippen LogP contribution in [0.2, 0.25) is 0 Å². The first-order valence-electron chi connectivity index (χ1n) is 8.76. The van der Waals surface area contributed by atoms with Crippen molar-refractivity contribution in [2.75, 3.05) is 6.54 Å². The number of hydrogen-bond acceptors (Lipinski definition) is 3. The summed E-state index contributed by atoms with van der Waals surface area (Å²) >= 11 is 0. The molecule has 1 aromatic carbocycles. The lowest BCUT2D eigenvalue weighted by Crippen LogP contribution is -2.37. The highest BCUT2D eigenvalue weighted by Gasteiger charge is 2.38. The molecule has 26 heavy (non-hydrogen) atoms. The third-order valence-corrected chi connectivity index (χ3v) is 4.57. The lowest BCUT2D eigenvalue weighted by molar-refractivity contribution is -0.173. The molecule has 4 nitrogen and oxygen atoms in total. The number of hydrogen-bond donors (Lipinski definition) is 3. The van der Waals surface area contributed by atoms with E-state index >= 15 is 0 Å². The van der Waals surface area contributed by atoms with Crippen LogP contribution >= 0.6 is 0 Å². The Balaban J connectivity index is 1.90. The molecular weight excluding hydrogens is 347 g/mol. The maximum absolute atomic E-state index is 12.1. The van der Waals surface area contributed by atoms with Crippen LogP contribution in [0.25, 0.3) is 6.08 Å². The normalized spacial score (nSPS) is 22.3. The van der Waals surface area contributed by atoms with Gasteiger partial charge in [-0.3, -0.25) is 4.79 Å². The highest BCUT2D eigenvalue weighted by atomic mass is 19.4. The van der Waals surface area contributed by atoms with Gasteiger partial charge in [0.15, 0.2) is 0 Å². The molecule has 1 aromatic rings.